The van der Waals surface area contributed by atoms with E-state index < -0.39 is 6.10 Å². The molecule has 0 saturated carbocycles. The Hall–Kier alpha value is -3.13. The van der Waals surface area contributed by atoms with Crippen molar-refractivity contribution < 1.29 is 19.0 Å². The van der Waals surface area contributed by atoms with Crippen molar-refractivity contribution in [2.24, 2.45) is 0 Å². The van der Waals surface area contributed by atoms with Gasteiger partial charge < -0.3 is 19.5 Å². The summed E-state index contributed by atoms with van der Waals surface area (Å²) in [6.45, 7) is 2.31. The fraction of sp³-hybridized carbons (Fsp3) is 0.250. The standard InChI is InChI=1S/C20H21N3O4S/c1-14(27-16-7-5-15(25-2)6-8-16)20(24)21-11-12-26-19-10-9-17(22-23-19)18-4-3-13-28-18/h3-10,13-14H,11-12H2,1-2H3,(H,21,24). The normalized spacial score (nSPS) is 11.5. The molecule has 0 radical (unpaired) electrons. The van der Waals surface area contributed by atoms with E-state index in [1.807, 2.05) is 23.6 Å². The van der Waals surface area contributed by atoms with Crippen LogP contribution in [0.25, 0.3) is 10.6 Å². The van der Waals surface area contributed by atoms with Crippen LogP contribution in [0.4, 0.5) is 0 Å². The lowest BCUT2D eigenvalue weighted by Gasteiger charge is -2.15. The van der Waals surface area contributed by atoms with E-state index in [4.69, 9.17) is 14.2 Å². The highest BCUT2D eigenvalue weighted by Crippen LogP contribution is 2.22. The molecule has 2 heterocycles. The Balaban J connectivity index is 1.38. The molecule has 0 fully saturated rings. The van der Waals surface area contributed by atoms with Crippen LogP contribution < -0.4 is 19.5 Å². The topological polar surface area (TPSA) is 82.6 Å². The van der Waals surface area contributed by atoms with Gasteiger partial charge in [0.15, 0.2) is 6.10 Å². The molecule has 1 atom stereocenters. The van der Waals surface area contributed by atoms with Crippen molar-refractivity contribution >= 4 is 17.2 Å². The van der Waals surface area contributed by atoms with Crippen molar-refractivity contribution in [1.29, 1.82) is 0 Å². The van der Waals surface area contributed by atoms with Gasteiger partial charge in [-0.15, -0.1) is 21.5 Å². The number of hydrogen-bond acceptors (Lipinski definition) is 7. The van der Waals surface area contributed by atoms with Crippen LogP contribution in [0.2, 0.25) is 0 Å². The number of thiophene rings is 1. The first-order valence-electron chi connectivity index (χ1n) is 8.74. The van der Waals surface area contributed by atoms with Crippen LogP contribution in [-0.4, -0.2) is 42.5 Å². The lowest BCUT2D eigenvalue weighted by atomic mass is 10.3. The minimum atomic E-state index is -0.627. The summed E-state index contributed by atoms with van der Waals surface area (Å²) >= 11 is 1.60. The number of carbonyl (C=O) groups is 1. The number of amides is 1. The molecule has 0 spiro atoms. The largest absolute Gasteiger partial charge is 0.497 e. The van der Waals surface area contributed by atoms with E-state index >= 15 is 0 Å². The maximum absolute atomic E-state index is 12.1. The van der Waals surface area contributed by atoms with E-state index in [0.717, 1.165) is 16.3 Å². The van der Waals surface area contributed by atoms with Crippen molar-refractivity contribution in [3.8, 4) is 28.0 Å². The fourth-order valence-corrected chi connectivity index (χ4v) is 3.03. The third-order valence-corrected chi connectivity index (χ3v) is 4.70. The Bertz CT molecular complexity index is 867. The summed E-state index contributed by atoms with van der Waals surface area (Å²) in [5.74, 6) is 1.52. The molecular formula is C20H21N3O4S. The predicted molar refractivity (Wildman–Crippen MR) is 107 cm³/mol. The van der Waals surface area contributed by atoms with Gasteiger partial charge in [0.2, 0.25) is 5.88 Å². The maximum atomic E-state index is 12.1. The number of benzene rings is 1. The third kappa shape index (κ3) is 5.43. The molecule has 1 N–H and O–H groups in total. The second-order valence-electron chi connectivity index (χ2n) is 5.81. The molecule has 8 heteroatoms. The van der Waals surface area contributed by atoms with Crippen LogP contribution in [0.15, 0.2) is 53.9 Å². The van der Waals surface area contributed by atoms with Gasteiger partial charge in [0, 0.05) is 6.07 Å². The molecule has 0 bridgehead atoms. The summed E-state index contributed by atoms with van der Waals surface area (Å²) in [4.78, 5) is 13.2. The average molecular weight is 399 g/mol. The number of nitrogens with zero attached hydrogens (tertiary/aromatic N) is 2. The predicted octanol–water partition coefficient (Wildman–Crippen LogP) is 3.18. The van der Waals surface area contributed by atoms with E-state index in [1.54, 1.807) is 55.7 Å². The van der Waals surface area contributed by atoms with Gasteiger partial charge in [-0.2, -0.15) is 0 Å². The monoisotopic (exact) mass is 399 g/mol. The van der Waals surface area contributed by atoms with E-state index in [9.17, 15) is 4.79 Å². The van der Waals surface area contributed by atoms with Crippen molar-refractivity contribution in [3.63, 3.8) is 0 Å². The fourth-order valence-electron chi connectivity index (χ4n) is 2.34. The van der Waals surface area contributed by atoms with Gasteiger partial charge in [-0.3, -0.25) is 4.79 Å². The first kappa shape index (κ1) is 19.6. The molecule has 3 rings (SSSR count). The third-order valence-electron chi connectivity index (χ3n) is 3.81. The Kier molecular flexibility index (Phi) is 6.80. The van der Waals surface area contributed by atoms with Crippen LogP contribution in [0, 0.1) is 0 Å². The lowest BCUT2D eigenvalue weighted by molar-refractivity contribution is -0.127. The van der Waals surface area contributed by atoms with Gasteiger partial charge in [0.1, 0.15) is 23.8 Å². The number of aromatic nitrogens is 2. The zero-order valence-corrected chi connectivity index (χ0v) is 16.4. The van der Waals surface area contributed by atoms with Crippen molar-refractivity contribution in [2.45, 2.75) is 13.0 Å². The first-order chi connectivity index (χ1) is 13.7. The van der Waals surface area contributed by atoms with Gasteiger partial charge in [0.05, 0.1) is 18.5 Å². The first-order valence-corrected chi connectivity index (χ1v) is 9.62. The van der Waals surface area contributed by atoms with Gasteiger partial charge in [-0.1, -0.05) is 6.07 Å². The van der Waals surface area contributed by atoms with Crippen molar-refractivity contribution in [3.05, 3.63) is 53.9 Å². The molecule has 1 unspecified atom stereocenters. The number of ether oxygens (including phenoxy) is 3. The number of nitrogens with one attached hydrogen (secondary N) is 1. The van der Waals surface area contributed by atoms with Crippen LogP contribution in [-0.2, 0) is 4.79 Å². The van der Waals surface area contributed by atoms with E-state index in [-0.39, 0.29) is 12.5 Å². The molecular weight excluding hydrogens is 378 g/mol. The highest BCUT2D eigenvalue weighted by Gasteiger charge is 2.14. The van der Waals surface area contributed by atoms with Crippen LogP contribution >= 0.6 is 11.3 Å². The molecule has 1 amide bonds. The molecule has 7 nitrogen and oxygen atoms in total. The van der Waals surface area contributed by atoms with Crippen LogP contribution in [0.5, 0.6) is 17.4 Å². The van der Waals surface area contributed by atoms with Crippen molar-refractivity contribution in [1.82, 2.24) is 15.5 Å². The second-order valence-corrected chi connectivity index (χ2v) is 6.76. The lowest BCUT2D eigenvalue weighted by Crippen LogP contribution is -2.38. The number of hydrogen-bond donors (Lipinski definition) is 1. The van der Waals surface area contributed by atoms with Crippen LogP contribution in [0.3, 0.4) is 0 Å². The SMILES string of the molecule is COc1ccc(OC(C)C(=O)NCCOc2ccc(-c3cccs3)nn2)cc1. The summed E-state index contributed by atoms with van der Waals surface area (Å²) in [5.41, 5.74) is 0.806. The number of methoxy groups -OCH3 is 1. The molecule has 0 aliphatic carbocycles. The number of rotatable bonds is 9. The summed E-state index contributed by atoms with van der Waals surface area (Å²) < 4.78 is 16.2. The molecule has 2 aromatic heterocycles. The van der Waals surface area contributed by atoms with E-state index in [1.165, 1.54) is 0 Å². The van der Waals surface area contributed by atoms with E-state index in [0.29, 0.717) is 18.2 Å². The highest BCUT2D eigenvalue weighted by atomic mass is 32.1. The average Bonchev–Trinajstić information content (AvgIpc) is 3.27. The Morgan fingerprint density at radius 3 is 2.54 bits per heavy atom. The molecule has 1 aromatic carbocycles. The minimum Gasteiger partial charge on any atom is -0.497 e. The molecule has 28 heavy (non-hydrogen) atoms. The van der Waals surface area contributed by atoms with Gasteiger partial charge in [0.25, 0.3) is 5.91 Å². The Morgan fingerprint density at radius 1 is 1.11 bits per heavy atom. The molecule has 0 aliphatic heterocycles. The molecule has 0 saturated heterocycles. The second kappa shape index (κ2) is 9.70. The summed E-state index contributed by atoms with van der Waals surface area (Å²) in [7, 11) is 1.59. The Labute approximate surface area is 167 Å². The van der Waals surface area contributed by atoms with Gasteiger partial charge in [-0.25, -0.2) is 0 Å². The molecule has 3 aromatic rings. The van der Waals surface area contributed by atoms with E-state index in [2.05, 4.69) is 15.5 Å². The summed E-state index contributed by atoms with van der Waals surface area (Å²) in [5, 5.41) is 12.9. The zero-order valence-electron chi connectivity index (χ0n) is 15.6. The van der Waals surface area contributed by atoms with Crippen LogP contribution in [0.1, 0.15) is 6.92 Å². The van der Waals surface area contributed by atoms with Gasteiger partial charge >= 0.3 is 0 Å². The molecule has 0 aliphatic rings. The number of carbonyl (C=O) groups excluding carboxylic acids is 1. The Morgan fingerprint density at radius 2 is 1.89 bits per heavy atom. The van der Waals surface area contributed by atoms with Crippen molar-refractivity contribution in [2.75, 3.05) is 20.3 Å². The quantitative estimate of drug-likeness (QED) is 0.557. The summed E-state index contributed by atoms with van der Waals surface area (Å²) in [6.07, 6.45) is -0.627. The smallest absolute Gasteiger partial charge is 0.260 e. The molecule has 146 valence electrons. The van der Waals surface area contributed by atoms with Gasteiger partial charge in [-0.05, 0) is 48.7 Å². The zero-order chi connectivity index (χ0) is 19.8. The summed E-state index contributed by atoms with van der Waals surface area (Å²) in [6, 6.07) is 14.6. The minimum absolute atomic E-state index is 0.224. The maximum Gasteiger partial charge on any atom is 0.260 e. The highest BCUT2D eigenvalue weighted by molar-refractivity contribution is 7.13.